The first kappa shape index (κ1) is 17.2. The highest BCUT2D eigenvalue weighted by Gasteiger charge is 2.24. The van der Waals surface area contributed by atoms with Crippen molar-refractivity contribution in [2.24, 2.45) is 0 Å². The highest BCUT2D eigenvalue weighted by atomic mass is 79.9. The van der Waals surface area contributed by atoms with Crippen molar-refractivity contribution in [2.75, 3.05) is 11.9 Å². The van der Waals surface area contributed by atoms with E-state index < -0.39 is 12.1 Å². The first-order chi connectivity index (χ1) is 10.4. The maximum atomic E-state index is 12.3. The van der Waals surface area contributed by atoms with Crippen molar-refractivity contribution in [1.82, 2.24) is 0 Å². The fraction of sp³-hybridized carbons (Fsp3) is 0.200. The van der Waals surface area contributed by atoms with Gasteiger partial charge in [0.15, 0.2) is 6.10 Å². The van der Waals surface area contributed by atoms with Gasteiger partial charge in [-0.1, -0.05) is 18.2 Å². The molecule has 0 saturated heterocycles. The SMILES string of the molecule is C[C@H](OC(=O)c1cc(Br)c(Br)s1)C(=O)N(C)c1ccccc1. The molecule has 0 saturated carbocycles. The molecule has 4 nitrogen and oxygen atoms in total. The fourth-order valence-corrected chi connectivity index (χ4v) is 3.69. The van der Waals surface area contributed by atoms with Crippen LogP contribution in [-0.2, 0) is 9.53 Å². The number of esters is 1. The monoisotopic (exact) mass is 445 g/mol. The van der Waals surface area contributed by atoms with Gasteiger partial charge in [0.25, 0.3) is 5.91 Å². The maximum Gasteiger partial charge on any atom is 0.349 e. The standard InChI is InChI=1S/C15H13Br2NO3S/c1-9(14(19)18(2)10-6-4-3-5-7-10)21-15(20)12-8-11(16)13(17)22-12/h3-9H,1-2H3/t9-/m0/s1. The van der Waals surface area contributed by atoms with Crippen molar-refractivity contribution < 1.29 is 14.3 Å². The number of thiophene rings is 1. The molecule has 1 aromatic heterocycles. The van der Waals surface area contributed by atoms with Crippen molar-refractivity contribution in [3.63, 3.8) is 0 Å². The van der Waals surface area contributed by atoms with Gasteiger partial charge in [0.1, 0.15) is 4.88 Å². The van der Waals surface area contributed by atoms with Crippen LogP contribution >= 0.6 is 43.2 Å². The summed E-state index contributed by atoms with van der Waals surface area (Å²) in [6, 6.07) is 10.9. The van der Waals surface area contributed by atoms with Crippen molar-refractivity contribution in [3.8, 4) is 0 Å². The molecule has 0 radical (unpaired) electrons. The minimum absolute atomic E-state index is 0.283. The molecule has 0 aliphatic carbocycles. The molecule has 1 atom stereocenters. The number of anilines is 1. The lowest BCUT2D eigenvalue weighted by atomic mass is 10.2. The molecular formula is C15H13Br2NO3S. The molecule has 0 N–H and O–H groups in total. The first-order valence-electron chi connectivity index (χ1n) is 6.38. The summed E-state index contributed by atoms with van der Waals surface area (Å²) in [7, 11) is 1.65. The van der Waals surface area contributed by atoms with E-state index in [2.05, 4.69) is 31.9 Å². The Hall–Kier alpha value is -1.18. The summed E-state index contributed by atoms with van der Waals surface area (Å²) in [5.41, 5.74) is 0.747. The van der Waals surface area contributed by atoms with Gasteiger partial charge in [-0.15, -0.1) is 11.3 Å². The second kappa shape index (κ2) is 7.39. The van der Waals surface area contributed by atoms with E-state index in [9.17, 15) is 9.59 Å². The molecule has 116 valence electrons. The largest absolute Gasteiger partial charge is 0.448 e. The summed E-state index contributed by atoms with van der Waals surface area (Å²) >= 11 is 7.89. The number of halogens is 2. The van der Waals surface area contributed by atoms with E-state index in [0.29, 0.717) is 4.88 Å². The van der Waals surface area contributed by atoms with Gasteiger partial charge in [0.05, 0.1) is 3.79 Å². The Balaban J connectivity index is 2.03. The van der Waals surface area contributed by atoms with Crippen molar-refractivity contribution in [2.45, 2.75) is 13.0 Å². The molecule has 22 heavy (non-hydrogen) atoms. The number of ether oxygens (including phenoxy) is 1. The van der Waals surface area contributed by atoms with Gasteiger partial charge >= 0.3 is 5.97 Å². The van der Waals surface area contributed by atoms with E-state index in [-0.39, 0.29) is 5.91 Å². The number of carbonyl (C=O) groups excluding carboxylic acids is 2. The smallest absolute Gasteiger partial charge is 0.349 e. The maximum absolute atomic E-state index is 12.3. The molecule has 1 aromatic carbocycles. The Kier molecular flexibility index (Phi) is 5.77. The third-order valence-corrected chi connectivity index (χ3v) is 6.19. The molecule has 7 heteroatoms. The lowest BCUT2D eigenvalue weighted by Gasteiger charge is -2.21. The number of likely N-dealkylation sites (N-methyl/N-ethyl adjacent to an activating group) is 1. The van der Waals surface area contributed by atoms with Crippen LogP contribution in [-0.4, -0.2) is 25.0 Å². The summed E-state index contributed by atoms with van der Waals surface area (Å²) in [5, 5.41) is 0. The average molecular weight is 447 g/mol. The number of carbonyl (C=O) groups is 2. The minimum atomic E-state index is -0.864. The van der Waals surface area contributed by atoms with E-state index in [0.717, 1.165) is 13.9 Å². The Bertz CT molecular complexity index is 668. The first-order valence-corrected chi connectivity index (χ1v) is 8.79. The van der Waals surface area contributed by atoms with E-state index in [1.54, 1.807) is 20.0 Å². The Labute approximate surface area is 149 Å². The zero-order chi connectivity index (χ0) is 16.3. The van der Waals surface area contributed by atoms with Gasteiger partial charge in [0.2, 0.25) is 0 Å². The molecule has 1 amide bonds. The van der Waals surface area contributed by atoms with Gasteiger partial charge in [-0.2, -0.15) is 0 Å². The Morgan fingerprint density at radius 1 is 1.23 bits per heavy atom. The van der Waals surface area contributed by atoms with Crippen molar-refractivity contribution in [3.05, 3.63) is 49.5 Å². The van der Waals surface area contributed by atoms with Crippen LogP contribution < -0.4 is 4.90 Å². The lowest BCUT2D eigenvalue weighted by molar-refractivity contribution is -0.126. The van der Waals surface area contributed by atoms with Gasteiger partial charge in [-0.25, -0.2) is 4.79 Å². The number of hydrogen-bond acceptors (Lipinski definition) is 4. The van der Waals surface area contributed by atoms with E-state index in [1.165, 1.54) is 16.2 Å². The molecule has 2 aromatic rings. The van der Waals surface area contributed by atoms with Crippen molar-refractivity contribution in [1.29, 1.82) is 0 Å². The third kappa shape index (κ3) is 3.97. The highest BCUT2D eigenvalue weighted by molar-refractivity contribution is 9.13. The van der Waals surface area contributed by atoms with Crippen LogP contribution in [0.2, 0.25) is 0 Å². The van der Waals surface area contributed by atoms with Crippen LogP contribution in [0.1, 0.15) is 16.6 Å². The summed E-state index contributed by atoms with van der Waals surface area (Å²) in [4.78, 5) is 26.3. The van der Waals surface area contributed by atoms with Crippen LogP contribution in [0.15, 0.2) is 44.7 Å². The summed E-state index contributed by atoms with van der Waals surface area (Å²) < 4.78 is 6.84. The normalized spacial score (nSPS) is 11.8. The number of benzene rings is 1. The molecular weight excluding hydrogens is 434 g/mol. The molecule has 0 bridgehead atoms. The van der Waals surface area contributed by atoms with Crippen LogP contribution in [0.5, 0.6) is 0 Å². The molecule has 2 rings (SSSR count). The zero-order valence-electron chi connectivity index (χ0n) is 11.9. The van der Waals surface area contributed by atoms with Gasteiger partial charge in [-0.05, 0) is 57.0 Å². The van der Waals surface area contributed by atoms with Gasteiger partial charge in [0, 0.05) is 17.2 Å². The number of rotatable bonds is 4. The summed E-state index contributed by atoms with van der Waals surface area (Å²) in [6.45, 7) is 1.57. The molecule has 1 heterocycles. The predicted molar refractivity (Wildman–Crippen MR) is 94.4 cm³/mol. The van der Waals surface area contributed by atoms with Gasteiger partial charge < -0.3 is 9.64 Å². The second-order valence-electron chi connectivity index (χ2n) is 4.51. The second-order valence-corrected chi connectivity index (χ2v) is 7.74. The summed E-state index contributed by atoms with van der Waals surface area (Å²) in [5.74, 6) is -0.798. The number of nitrogens with zero attached hydrogens (tertiary/aromatic N) is 1. The van der Waals surface area contributed by atoms with Crippen molar-refractivity contribution >= 4 is 60.8 Å². The quantitative estimate of drug-likeness (QED) is 0.650. The van der Waals surface area contributed by atoms with Crippen LogP contribution in [0.25, 0.3) is 0 Å². The van der Waals surface area contributed by atoms with E-state index in [4.69, 9.17) is 4.74 Å². The summed E-state index contributed by atoms with van der Waals surface area (Å²) in [6.07, 6.45) is -0.864. The molecule has 0 aliphatic rings. The third-order valence-electron chi connectivity index (χ3n) is 2.95. The minimum Gasteiger partial charge on any atom is -0.448 e. The van der Waals surface area contributed by atoms with Gasteiger partial charge in [-0.3, -0.25) is 4.79 Å². The molecule has 0 unspecified atom stereocenters. The Morgan fingerprint density at radius 2 is 1.86 bits per heavy atom. The number of hydrogen-bond donors (Lipinski definition) is 0. The average Bonchev–Trinajstić information content (AvgIpc) is 2.86. The lowest BCUT2D eigenvalue weighted by Crippen LogP contribution is -2.37. The molecule has 0 aliphatic heterocycles. The fourth-order valence-electron chi connectivity index (χ4n) is 1.77. The zero-order valence-corrected chi connectivity index (χ0v) is 15.9. The topological polar surface area (TPSA) is 46.6 Å². The Morgan fingerprint density at radius 3 is 2.41 bits per heavy atom. The van der Waals surface area contributed by atoms with Crippen LogP contribution in [0.3, 0.4) is 0 Å². The molecule has 0 fully saturated rings. The van der Waals surface area contributed by atoms with E-state index in [1.807, 2.05) is 30.3 Å². The van der Waals surface area contributed by atoms with Crippen LogP contribution in [0.4, 0.5) is 5.69 Å². The highest BCUT2D eigenvalue weighted by Crippen LogP contribution is 2.32. The number of para-hydroxylation sites is 1. The van der Waals surface area contributed by atoms with E-state index >= 15 is 0 Å². The predicted octanol–water partition coefficient (Wildman–Crippen LogP) is 4.48. The molecule has 0 spiro atoms. The van der Waals surface area contributed by atoms with Crippen LogP contribution in [0, 0.1) is 0 Å². The number of amides is 1.